The van der Waals surface area contributed by atoms with Crippen molar-refractivity contribution in [3.63, 3.8) is 0 Å². The van der Waals surface area contributed by atoms with Crippen LogP contribution in [0.15, 0.2) is 30.3 Å². The highest BCUT2D eigenvalue weighted by atomic mass is 32.1. The van der Waals surface area contributed by atoms with Crippen LogP contribution in [0.1, 0.15) is 13.3 Å². The van der Waals surface area contributed by atoms with Crippen LogP contribution in [0.5, 0.6) is 0 Å². The standard InChI is InChI=1S/C14H15N3S/c1-14-7-11(14)8-17(9-14)13-16-15-12(18-13)10-5-3-2-4-6-10/h2-6,11H,7-9H2,1H3. The Bertz CT molecular complexity index is 580. The molecule has 0 radical (unpaired) electrons. The van der Waals surface area contributed by atoms with Gasteiger partial charge in [0.05, 0.1) is 0 Å². The number of benzene rings is 1. The van der Waals surface area contributed by atoms with Crippen LogP contribution in [0.4, 0.5) is 5.13 Å². The molecule has 1 aromatic heterocycles. The van der Waals surface area contributed by atoms with Crippen LogP contribution < -0.4 is 4.90 Å². The van der Waals surface area contributed by atoms with Gasteiger partial charge < -0.3 is 4.90 Å². The Morgan fingerprint density at radius 2 is 2.11 bits per heavy atom. The smallest absolute Gasteiger partial charge is 0.208 e. The van der Waals surface area contributed by atoms with Gasteiger partial charge in [0.25, 0.3) is 0 Å². The molecule has 2 heterocycles. The number of hydrogen-bond acceptors (Lipinski definition) is 4. The van der Waals surface area contributed by atoms with Crippen molar-refractivity contribution >= 4 is 16.5 Å². The molecule has 1 aliphatic carbocycles. The summed E-state index contributed by atoms with van der Waals surface area (Å²) in [6, 6.07) is 10.3. The van der Waals surface area contributed by atoms with Gasteiger partial charge in [0, 0.05) is 18.7 Å². The van der Waals surface area contributed by atoms with E-state index in [9.17, 15) is 0 Å². The second-order valence-electron chi connectivity index (χ2n) is 5.69. The average Bonchev–Trinajstić information content (AvgIpc) is 2.82. The fourth-order valence-electron chi connectivity index (χ4n) is 2.94. The zero-order valence-electron chi connectivity index (χ0n) is 10.3. The Morgan fingerprint density at radius 3 is 2.83 bits per heavy atom. The van der Waals surface area contributed by atoms with Crippen LogP contribution in [-0.2, 0) is 0 Å². The first-order chi connectivity index (χ1) is 8.74. The molecule has 2 fully saturated rings. The molecular formula is C14H15N3S. The van der Waals surface area contributed by atoms with Crippen molar-refractivity contribution in [2.24, 2.45) is 11.3 Å². The molecule has 0 bridgehead atoms. The molecule has 0 N–H and O–H groups in total. The molecule has 4 rings (SSSR count). The molecular weight excluding hydrogens is 242 g/mol. The van der Waals surface area contributed by atoms with E-state index in [1.807, 2.05) is 18.2 Å². The summed E-state index contributed by atoms with van der Waals surface area (Å²) in [6.07, 6.45) is 1.40. The highest BCUT2D eigenvalue weighted by molar-refractivity contribution is 7.18. The van der Waals surface area contributed by atoms with Crippen molar-refractivity contribution in [3.8, 4) is 10.6 Å². The molecule has 1 saturated carbocycles. The Hall–Kier alpha value is -1.42. The molecule has 1 aromatic carbocycles. The van der Waals surface area contributed by atoms with Gasteiger partial charge in [0.1, 0.15) is 5.01 Å². The summed E-state index contributed by atoms with van der Waals surface area (Å²) in [6.45, 7) is 4.71. The van der Waals surface area contributed by atoms with Gasteiger partial charge in [-0.1, -0.05) is 48.6 Å². The van der Waals surface area contributed by atoms with E-state index in [0.717, 1.165) is 28.2 Å². The van der Waals surface area contributed by atoms with Crippen molar-refractivity contribution in [1.82, 2.24) is 10.2 Å². The minimum atomic E-state index is 0.568. The normalized spacial score (nSPS) is 29.4. The van der Waals surface area contributed by atoms with Gasteiger partial charge in [-0.15, -0.1) is 10.2 Å². The van der Waals surface area contributed by atoms with Crippen LogP contribution in [0.25, 0.3) is 10.6 Å². The Kier molecular flexibility index (Phi) is 2.07. The van der Waals surface area contributed by atoms with Crippen LogP contribution >= 0.6 is 11.3 Å². The van der Waals surface area contributed by atoms with E-state index in [4.69, 9.17) is 0 Å². The molecule has 92 valence electrons. The SMILES string of the molecule is CC12CC1CN(c1nnc(-c3ccccc3)s1)C2. The lowest BCUT2D eigenvalue weighted by Crippen LogP contribution is -2.23. The fraction of sp³-hybridized carbons (Fsp3) is 0.429. The van der Waals surface area contributed by atoms with E-state index in [1.165, 1.54) is 13.0 Å². The Morgan fingerprint density at radius 1 is 1.28 bits per heavy atom. The molecule has 2 unspecified atom stereocenters. The van der Waals surface area contributed by atoms with Crippen LogP contribution in [0.3, 0.4) is 0 Å². The van der Waals surface area contributed by atoms with Gasteiger partial charge in [-0.05, 0) is 17.8 Å². The summed E-state index contributed by atoms with van der Waals surface area (Å²) in [7, 11) is 0. The Labute approximate surface area is 110 Å². The maximum Gasteiger partial charge on any atom is 0.208 e. The molecule has 2 aliphatic rings. The number of anilines is 1. The van der Waals surface area contributed by atoms with Crippen molar-refractivity contribution in [3.05, 3.63) is 30.3 Å². The number of nitrogens with zero attached hydrogens (tertiary/aromatic N) is 3. The number of aromatic nitrogens is 2. The zero-order valence-corrected chi connectivity index (χ0v) is 11.2. The molecule has 0 spiro atoms. The van der Waals surface area contributed by atoms with Crippen molar-refractivity contribution in [2.45, 2.75) is 13.3 Å². The lowest BCUT2D eigenvalue weighted by molar-refractivity contribution is 0.596. The van der Waals surface area contributed by atoms with Crippen LogP contribution in [0.2, 0.25) is 0 Å². The predicted octanol–water partition coefficient (Wildman–Crippen LogP) is 3.05. The minimum absolute atomic E-state index is 0.568. The summed E-state index contributed by atoms with van der Waals surface area (Å²) in [5.41, 5.74) is 1.73. The summed E-state index contributed by atoms with van der Waals surface area (Å²) >= 11 is 1.71. The quantitative estimate of drug-likeness (QED) is 0.828. The second-order valence-corrected chi connectivity index (χ2v) is 6.65. The number of rotatable bonds is 2. The third-order valence-corrected chi connectivity index (χ3v) is 5.27. The molecule has 1 saturated heterocycles. The van der Waals surface area contributed by atoms with E-state index in [0.29, 0.717) is 5.41 Å². The molecule has 2 aromatic rings. The predicted molar refractivity (Wildman–Crippen MR) is 73.8 cm³/mol. The molecule has 2 atom stereocenters. The van der Waals surface area contributed by atoms with Crippen LogP contribution in [-0.4, -0.2) is 23.3 Å². The van der Waals surface area contributed by atoms with Gasteiger partial charge >= 0.3 is 0 Å². The largest absolute Gasteiger partial charge is 0.346 e. The number of piperidine rings is 1. The molecule has 1 aliphatic heterocycles. The van der Waals surface area contributed by atoms with E-state index < -0.39 is 0 Å². The summed E-state index contributed by atoms with van der Waals surface area (Å²) in [4.78, 5) is 2.40. The maximum absolute atomic E-state index is 4.36. The van der Waals surface area contributed by atoms with E-state index in [2.05, 4.69) is 34.2 Å². The topological polar surface area (TPSA) is 29.0 Å². The lowest BCUT2D eigenvalue weighted by atomic mass is 10.1. The average molecular weight is 257 g/mol. The summed E-state index contributed by atoms with van der Waals surface area (Å²) in [5, 5.41) is 10.8. The summed E-state index contributed by atoms with van der Waals surface area (Å²) < 4.78 is 0. The third kappa shape index (κ3) is 1.56. The van der Waals surface area contributed by atoms with Crippen LogP contribution in [0, 0.1) is 11.3 Å². The first kappa shape index (κ1) is 10.5. The highest BCUT2D eigenvalue weighted by Gasteiger charge is 2.56. The maximum atomic E-state index is 4.36. The van der Waals surface area contributed by atoms with Gasteiger partial charge in [0.2, 0.25) is 5.13 Å². The van der Waals surface area contributed by atoms with Crippen molar-refractivity contribution in [2.75, 3.05) is 18.0 Å². The molecule has 18 heavy (non-hydrogen) atoms. The first-order valence-electron chi connectivity index (χ1n) is 6.38. The first-order valence-corrected chi connectivity index (χ1v) is 7.20. The van der Waals surface area contributed by atoms with E-state index in [1.54, 1.807) is 11.3 Å². The van der Waals surface area contributed by atoms with Crippen molar-refractivity contribution in [1.29, 1.82) is 0 Å². The second kappa shape index (κ2) is 3.54. The number of hydrogen-bond donors (Lipinski definition) is 0. The zero-order chi connectivity index (χ0) is 12.2. The van der Waals surface area contributed by atoms with E-state index >= 15 is 0 Å². The molecule has 3 nitrogen and oxygen atoms in total. The van der Waals surface area contributed by atoms with Crippen molar-refractivity contribution < 1.29 is 0 Å². The minimum Gasteiger partial charge on any atom is -0.346 e. The molecule has 0 amide bonds. The number of fused-ring (bicyclic) bond motifs is 1. The van der Waals surface area contributed by atoms with Gasteiger partial charge in [-0.25, -0.2) is 0 Å². The van der Waals surface area contributed by atoms with Gasteiger partial charge in [0.15, 0.2) is 0 Å². The van der Waals surface area contributed by atoms with Gasteiger partial charge in [-0.2, -0.15) is 0 Å². The third-order valence-electron chi connectivity index (χ3n) is 4.24. The molecule has 4 heteroatoms. The van der Waals surface area contributed by atoms with Gasteiger partial charge in [-0.3, -0.25) is 0 Å². The fourth-order valence-corrected chi connectivity index (χ4v) is 3.79. The highest BCUT2D eigenvalue weighted by Crippen LogP contribution is 2.58. The Balaban J connectivity index is 1.60. The van der Waals surface area contributed by atoms with E-state index in [-0.39, 0.29) is 0 Å². The summed E-state index contributed by atoms with van der Waals surface area (Å²) in [5.74, 6) is 0.890. The monoisotopic (exact) mass is 257 g/mol. The lowest BCUT2D eigenvalue weighted by Gasteiger charge is -2.17.